The van der Waals surface area contributed by atoms with Crippen LogP contribution in [0.5, 0.6) is 0 Å². The molecule has 0 spiro atoms. The van der Waals surface area contributed by atoms with Gasteiger partial charge in [0.2, 0.25) is 10.0 Å². The lowest BCUT2D eigenvalue weighted by Crippen LogP contribution is -2.14. The van der Waals surface area contributed by atoms with Gasteiger partial charge in [0.15, 0.2) is 23.3 Å². The zero-order valence-corrected chi connectivity index (χ0v) is 8.13. The summed E-state index contributed by atoms with van der Waals surface area (Å²) in [5, 5.41) is 0. The lowest BCUT2D eigenvalue weighted by molar-refractivity contribution is 0.459. The molecule has 0 saturated heterocycles. The monoisotopic (exact) mass is 243 g/mol. The second kappa shape index (κ2) is 3.69. The Morgan fingerprint density at radius 3 is 1.80 bits per heavy atom. The first-order chi connectivity index (χ1) is 6.72. The summed E-state index contributed by atoms with van der Waals surface area (Å²) < 4.78 is 73.5. The van der Waals surface area contributed by atoms with Crippen LogP contribution in [-0.2, 0) is 10.0 Å². The van der Waals surface area contributed by atoms with Crippen molar-refractivity contribution < 1.29 is 26.0 Å². The van der Waals surface area contributed by atoms with Crippen molar-refractivity contribution in [3.05, 3.63) is 29.3 Å². The zero-order chi connectivity index (χ0) is 11.8. The van der Waals surface area contributed by atoms with Gasteiger partial charge in [-0.25, -0.2) is 26.0 Å². The van der Waals surface area contributed by atoms with Gasteiger partial charge in [0.1, 0.15) is 5.69 Å². The number of sulfonamides is 1. The van der Waals surface area contributed by atoms with Crippen LogP contribution in [0.15, 0.2) is 6.07 Å². The van der Waals surface area contributed by atoms with E-state index in [0.717, 1.165) is 0 Å². The van der Waals surface area contributed by atoms with Crippen molar-refractivity contribution in [1.82, 2.24) is 0 Å². The Morgan fingerprint density at radius 2 is 1.47 bits per heavy atom. The third-order valence-electron chi connectivity index (χ3n) is 1.40. The van der Waals surface area contributed by atoms with E-state index in [4.69, 9.17) is 0 Å². The van der Waals surface area contributed by atoms with Crippen molar-refractivity contribution in [2.45, 2.75) is 0 Å². The predicted molar refractivity (Wildman–Crippen MR) is 44.7 cm³/mol. The molecule has 0 aliphatic heterocycles. The second-order valence-corrected chi connectivity index (χ2v) is 4.47. The molecule has 0 atom stereocenters. The van der Waals surface area contributed by atoms with Crippen molar-refractivity contribution in [3.63, 3.8) is 0 Å². The van der Waals surface area contributed by atoms with Crippen LogP contribution < -0.4 is 4.72 Å². The number of rotatable bonds is 2. The fourth-order valence-electron chi connectivity index (χ4n) is 0.848. The molecule has 8 heteroatoms. The predicted octanol–water partition coefficient (Wildman–Crippen LogP) is 1.61. The van der Waals surface area contributed by atoms with E-state index >= 15 is 0 Å². The Labute approximate surface area is 82.8 Å². The molecule has 15 heavy (non-hydrogen) atoms. The van der Waals surface area contributed by atoms with Gasteiger partial charge in [-0.05, 0) is 0 Å². The summed E-state index contributed by atoms with van der Waals surface area (Å²) in [6.07, 6.45) is 0.592. The maximum atomic E-state index is 12.9. The zero-order valence-electron chi connectivity index (χ0n) is 7.31. The van der Waals surface area contributed by atoms with Crippen LogP contribution in [0, 0.1) is 23.3 Å². The first-order valence-electron chi connectivity index (χ1n) is 3.53. The molecule has 84 valence electrons. The minimum atomic E-state index is -4.02. The van der Waals surface area contributed by atoms with Gasteiger partial charge in [-0.3, -0.25) is 4.72 Å². The fourth-order valence-corrected chi connectivity index (χ4v) is 1.40. The quantitative estimate of drug-likeness (QED) is 0.633. The van der Waals surface area contributed by atoms with Crippen molar-refractivity contribution in [1.29, 1.82) is 0 Å². The molecule has 1 aromatic carbocycles. The molecule has 0 aliphatic carbocycles. The third kappa shape index (κ3) is 2.58. The van der Waals surface area contributed by atoms with E-state index in [2.05, 4.69) is 0 Å². The molecule has 0 amide bonds. The van der Waals surface area contributed by atoms with E-state index in [1.54, 1.807) is 0 Å². The lowest BCUT2D eigenvalue weighted by Gasteiger charge is -2.07. The third-order valence-corrected chi connectivity index (χ3v) is 1.97. The fraction of sp³-hybridized carbons (Fsp3) is 0.143. The largest absolute Gasteiger partial charge is 0.278 e. The Bertz CT molecular complexity index is 474. The number of halogens is 4. The highest BCUT2D eigenvalue weighted by molar-refractivity contribution is 7.92. The number of nitrogens with one attached hydrogen (secondary N) is 1. The smallest absolute Gasteiger partial charge is 0.230 e. The van der Waals surface area contributed by atoms with Gasteiger partial charge < -0.3 is 0 Å². The molecule has 0 heterocycles. The van der Waals surface area contributed by atoms with Crippen molar-refractivity contribution in [2.75, 3.05) is 11.0 Å². The summed E-state index contributed by atoms with van der Waals surface area (Å²) in [6, 6.07) is -0.0157. The van der Waals surface area contributed by atoms with E-state index in [-0.39, 0.29) is 6.07 Å². The van der Waals surface area contributed by atoms with Crippen LogP contribution in [0.3, 0.4) is 0 Å². The normalized spacial score (nSPS) is 11.5. The molecule has 0 aliphatic rings. The molecular formula is C7H5F4NO2S. The van der Waals surface area contributed by atoms with Crippen LogP contribution in [0.25, 0.3) is 0 Å². The van der Waals surface area contributed by atoms with Crippen LogP contribution in [0.2, 0.25) is 0 Å². The number of benzene rings is 1. The number of hydrogen-bond donors (Lipinski definition) is 1. The van der Waals surface area contributed by atoms with Gasteiger partial charge in [-0.15, -0.1) is 0 Å². The summed E-state index contributed by atoms with van der Waals surface area (Å²) in [5.74, 6) is -6.95. The van der Waals surface area contributed by atoms with Gasteiger partial charge in [-0.2, -0.15) is 0 Å². The summed E-state index contributed by atoms with van der Waals surface area (Å²) in [4.78, 5) is 0. The minimum absolute atomic E-state index is 0.0157. The summed E-state index contributed by atoms with van der Waals surface area (Å²) in [5.41, 5.74) is -1.37. The van der Waals surface area contributed by atoms with Crippen LogP contribution in [-0.4, -0.2) is 14.7 Å². The summed E-state index contributed by atoms with van der Waals surface area (Å²) >= 11 is 0. The van der Waals surface area contributed by atoms with Crippen molar-refractivity contribution >= 4 is 15.7 Å². The molecule has 1 rings (SSSR count). The topological polar surface area (TPSA) is 46.2 Å². The highest BCUT2D eigenvalue weighted by atomic mass is 32.2. The average molecular weight is 243 g/mol. The summed E-state index contributed by atoms with van der Waals surface area (Å²) in [6.45, 7) is 0. The van der Waals surface area contributed by atoms with E-state index < -0.39 is 39.0 Å². The van der Waals surface area contributed by atoms with Crippen molar-refractivity contribution in [2.24, 2.45) is 0 Å². The molecule has 0 unspecified atom stereocenters. The first kappa shape index (κ1) is 11.8. The van der Waals surface area contributed by atoms with E-state index in [1.165, 1.54) is 4.72 Å². The lowest BCUT2D eigenvalue weighted by atomic mass is 10.3. The van der Waals surface area contributed by atoms with Gasteiger partial charge >= 0.3 is 0 Å². The molecular weight excluding hydrogens is 238 g/mol. The Balaban J connectivity index is 3.40. The van der Waals surface area contributed by atoms with Gasteiger partial charge in [0.25, 0.3) is 0 Å². The molecule has 0 aromatic heterocycles. The SMILES string of the molecule is CS(=O)(=O)Nc1c(F)c(F)cc(F)c1F. The van der Waals surface area contributed by atoms with Crippen LogP contribution in [0.4, 0.5) is 23.2 Å². The van der Waals surface area contributed by atoms with Crippen molar-refractivity contribution in [3.8, 4) is 0 Å². The average Bonchev–Trinajstić information content (AvgIpc) is 2.08. The molecule has 3 nitrogen and oxygen atoms in total. The molecule has 1 N–H and O–H groups in total. The molecule has 0 bridgehead atoms. The highest BCUT2D eigenvalue weighted by Gasteiger charge is 2.21. The van der Waals surface area contributed by atoms with Gasteiger partial charge in [0, 0.05) is 6.07 Å². The minimum Gasteiger partial charge on any atom is -0.278 e. The molecule has 1 aromatic rings. The second-order valence-electron chi connectivity index (χ2n) is 2.72. The van der Waals surface area contributed by atoms with E-state index in [9.17, 15) is 26.0 Å². The summed E-state index contributed by atoms with van der Waals surface area (Å²) in [7, 11) is -4.02. The van der Waals surface area contributed by atoms with Crippen LogP contribution >= 0.6 is 0 Å². The van der Waals surface area contributed by atoms with Gasteiger partial charge in [0.05, 0.1) is 6.26 Å². The molecule has 0 fully saturated rings. The first-order valence-corrected chi connectivity index (χ1v) is 5.42. The van der Waals surface area contributed by atoms with Crippen LogP contribution in [0.1, 0.15) is 0 Å². The van der Waals surface area contributed by atoms with E-state index in [0.29, 0.717) is 6.26 Å². The highest BCUT2D eigenvalue weighted by Crippen LogP contribution is 2.24. The maximum Gasteiger partial charge on any atom is 0.230 e. The Kier molecular flexibility index (Phi) is 2.89. The standard InChI is InChI=1S/C7H5F4NO2S/c1-15(13,14)12-7-5(10)3(8)2-4(9)6(7)11/h2,12H,1H3. The maximum absolute atomic E-state index is 12.9. The van der Waals surface area contributed by atoms with E-state index in [1.807, 2.05) is 0 Å². The molecule has 0 radical (unpaired) electrons. The Hall–Kier alpha value is -1.31. The Morgan fingerprint density at radius 1 is 1.07 bits per heavy atom. The number of anilines is 1. The molecule has 0 saturated carbocycles. The number of hydrogen-bond acceptors (Lipinski definition) is 2. The van der Waals surface area contributed by atoms with Gasteiger partial charge in [-0.1, -0.05) is 0 Å².